The van der Waals surface area contributed by atoms with Gasteiger partial charge in [-0.25, -0.2) is 4.98 Å². The molecule has 2 aromatic rings. The first-order chi connectivity index (χ1) is 8.17. The Hall–Kier alpha value is -1.88. The normalized spacial score (nSPS) is 10.5. The maximum absolute atomic E-state index is 5.59. The third-order valence-corrected chi connectivity index (χ3v) is 2.26. The SMILES string of the molecule is CNCc1cc(C)nc(Oc2cc(C)[nH]n2)c1. The number of H-pyrrole nitrogens is 1. The molecule has 0 saturated heterocycles. The zero-order chi connectivity index (χ0) is 12.3. The summed E-state index contributed by atoms with van der Waals surface area (Å²) in [5.41, 5.74) is 3.03. The van der Waals surface area contributed by atoms with Crippen LogP contribution in [0.3, 0.4) is 0 Å². The van der Waals surface area contributed by atoms with Gasteiger partial charge in [-0.2, -0.15) is 0 Å². The standard InChI is InChI=1S/C12H16N4O/c1-8-4-10(7-13-3)6-11(14-8)17-12-5-9(2)15-16-12/h4-6,13H,7H2,1-3H3,(H,15,16). The van der Waals surface area contributed by atoms with Gasteiger partial charge < -0.3 is 10.1 Å². The molecule has 0 saturated carbocycles. The van der Waals surface area contributed by atoms with Gasteiger partial charge in [0.25, 0.3) is 0 Å². The topological polar surface area (TPSA) is 62.8 Å². The Bertz CT molecular complexity index is 507. The second-order valence-corrected chi connectivity index (χ2v) is 3.98. The highest BCUT2D eigenvalue weighted by molar-refractivity contribution is 5.27. The van der Waals surface area contributed by atoms with E-state index in [-0.39, 0.29) is 0 Å². The lowest BCUT2D eigenvalue weighted by molar-refractivity contribution is 0.441. The molecule has 0 aliphatic heterocycles. The molecule has 17 heavy (non-hydrogen) atoms. The maximum Gasteiger partial charge on any atom is 0.240 e. The van der Waals surface area contributed by atoms with Crippen molar-refractivity contribution in [2.24, 2.45) is 0 Å². The van der Waals surface area contributed by atoms with Gasteiger partial charge in [0.1, 0.15) is 0 Å². The van der Waals surface area contributed by atoms with Crippen molar-refractivity contribution in [3.63, 3.8) is 0 Å². The van der Waals surface area contributed by atoms with Gasteiger partial charge in [-0.05, 0) is 32.5 Å². The number of rotatable bonds is 4. The fraction of sp³-hybridized carbons (Fsp3) is 0.333. The number of hydrogen-bond acceptors (Lipinski definition) is 4. The molecule has 0 fully saturated rings. The van der Waals surface area contributed by atoms with Crippen molar-refractivity contribution in [1.82, 2.24) is 20.5 Å². The van der Waals surface area contributed by atoms with Gasteiger partial charge in [0.15, 0.2) is 0 Å². The van der Waals surface area contributed by atoms with Gasteiger partial charge in [0, 0.05) is 30.1 Å². The molecule has 0 aliphatic carbocycles. The molecule has 0 unspecified atom stereocenters. The Kier molecular flexibility index (Phi) is 3.39. The Balaban J connectivity index is 2.20. The summed E-state index contributed by atoms with van der Waals surface area (Å²) in [6.45, 7) is 4.66. The van der Waals surface area contributed by atoms with E-state index in [0.717, 1.165) is 23.5 Å². The molecule has 90 valence electrons. The smallest absolute Gasteiger partial charge is 0.240 e. The van der Waals surface area contributed by atoms with Crippen LogP contribution in [0.5, 0.6) is 11.8 Å². The first-order valence-corrected chi connectivity index (χ1v) is 5.49. The predicted octanol–water partition coefficient (Wildman–Crippen LogP) is 1.93. The van der Waals surface area contributed by atoms with E-state index in [1.54, 1.807) is 0 Å². The highest BCUT2D eigenvalue weighted by atomic mass is 16.5. The molecule has 2 heterocycles. The van der Waals surface area contributed by atoms with Crippen molar-refractivity contribution in [3.05, 3.63) is 35.2 Å². The van der Waals surface area contributed by atoms with E-state index in [1.807, 2.05) is 39.1 Å². The number of aryl methyl sites for hydroxylation is 2. The van der Waals surface area contributed by atoms with E-state index in [4.69, 9.17) is 4.74 Å². The summed E-state index contributed by atoms with van der Waals surface area (Å²) in [6.07, 6.45) is 0. The van der Waals surface area contributed by atoms with Crippen molar-refractivity contribution in [2.45, 2.75) is 20.4 Å². The quantitative estimate of drug-likeness (QED) is 0.845. The fourth-order valence-electron chi connectivity index (χ4n) is 1.62. The highest BCUT2D eigenvalue weighted by Gasteiger charge is 2.04. The van der Waals surface area contributed by atoms with Crippen molar-refractivity contribution < 1.29 is 4.74 Å². The fourth-order valence-corrected chi connectivity index (χ4v) is 1.62. The van der Waals surface area contributed by atoms with Crippen LogP contribution in [-0.2, 0) is 6.54 Å². The Labute approximate surface area is 100 Å². The van der Waals surface area contributed by atoms with Gasteiger partial charge in [0.05, 0.1) is 0 Å². The van der Waals surface area contributed by atoms with Crippen LogP contribution in [0.2, 0.25) is 0 Å². The van der Waals surface area contributed by atoms with Gasteiger partial charge in [-0.1, -0.05) is 0 Å². The van der Waals surface area contributed by atoms with E-state index < -0.39 is 0 Å². The van der Waals surface area contributed by atoms with Crippen molar-refractivity contribution in [1.29, 1.82) is 0 Å². The molecule has 0 spiro atoms. The zero-order valence-corrected chi connectivity index (χ0v) is 10.2. The number of nitrogens with zero attached hydrogens (tertiary/aromatic N) is 2. The van der Waals surface area contributed by atoms with Crippen LogP contribution in [0.1, 0.15) is 17.0 Å². The lowest BCUT2D eigenvalue weighted by atomic mass is 10.2. The number of aromatic nitrogens is 3. The van der Waals surface area contributed by atoms with Crippen LogP contribution < -0.4 is 10.1 Å². The van der Waals surface area contributed by atoms with Crippen LogP contribution in [0.25, 0.3) is 0 Å². The monoisotopic (exact) mass is 232 g/mol. The Morgan fingerprint density at radius 3 is 2.71 bits per heavy atom. The minimum Gasteiger partial charge on any atom is -0.419 e. The van der Waals surface area contributed by atoms with Crippen LogP contribution >= 0.6 is 0 Å². The average molecular weight is 232 g/mol. The summed E-state index contributed by atoms with van der Waals surface area (Å²) in [5.74, 6) is 1.11. The second kappa shape index (κ2) is 4.97. The first-order valence-electron chi connectivity index (χ1n) is 5.49. The van der Waals surface area contributed by atoms with Crippen molar-refractivity contribution in [2.75, 3.05) is 7.05 Å². The molecule has 0 amide bonds. The number of pyridine rings is 1. The molecule has 5 heteroatoms. The lowest BCUT2D eigenvalue weighted by Crippen LogP contribution is -2.06. The minimum absolute atomic E-state index is 0.538. The summed E-state index contributed by atoms with van der Waals surface area (Å²) < 4.78 is 5.59. The van der Waals surface area contributed by atoms with Gasteiger partial charge in [-0.15, -0.1) is 5.10 Å². The lowest BCUT2D eigenvalue weighted by Gasteiger charge is -2.06. The molecule has 0 atom stereocenters. The molecule has 5 nitrogen and oxygen atoms in total. The van der Waals surface area contributed by atoms with Crippen molar-refractivity contribution >= 4 is 0 Å². The van der Waals surface area contributed by atoms with Crippen LogP contribution in [-0.4, -0.2) is 22.2 Å². The summed E-state index contributed by atoms with van der Waals surface area (Å²) in [4.78, 5) is 4.32. The predicted molar refractivity (Wildman–Crippen MR) is 65.1 cm³/mol. The maximum atomic E-state index is 5.59. The third-order valence-electron chi connectivity index (χ3n) is 2.26. The Morgan fingerprint density at radius 1 is 1.24 bits per heavy atom. The summed E-state index contributed by atoms with van der Waals surface area (Å²) in [7, 11) is 1.91. The molecule has 0 aromatic carbocycles. The number of hydrogen-bond donors (Lipinski definition) is 2. The zero-order valence-electron chi connectivity index (χ0n) is 10.2. The molecule has 0 radical (unpaired) electrons. The minimum atomic E-state index is 0.538. The summed E-state index contributed by atoms with van der Waals surface area (Å²) >= 11 is 0. The van der Waals surface area contributed by atoms with E-state index in [0.29, 0.717) is 11.8 Å². The molecule has 0 aliphatic rings. The molecule has 0 bridgehead atoms. The van der Waals surface area contributed by atoms with Crippen molar-refractivity contribution in [3.8, 4) is 11.8 Å². The highest BCUT2D eigenvalue weighted by Crippen LogP contribution is 2.19. The summed E-state index contributed by atoms with van der Waals surface area (Å²) in [5, 5.41) is 9.94. The average Bonchev–Trinajstić information content (AvgIpc) is 2.63. The number of ether oxygens (including phenoxy) is 1. The van der Waals surface area contributed by atoms with E-state index in [1.165, 1.54) is 0 Å². The van der Waals surface area contributed by atoms with Gasteiger partial charge in [0.2, 0.25) is 11.8 Å². The molecular weight excluding hydrogens is 216 g/mol. The second-order valence-electron chi connectivity index (χ2n) is 3.98. The van der Waals surface area contributed by atoms with E-state index in [9.17, 15) is 0 Å². The number of nitrogens with one attached hydrogen (secondary N) is 2. The number of aromatic amines is 1. The van der Waals surface area contributed by atoms with E-state index >= 15 is 0 Å². The Morgan fingerprint density at radius 2 is 2.06 bits per heavy atom. The largest absolute Gasteiger partial charge is 0.419 e. The first kappa shape index (κ1) is 11.6. The van der Waals surface area contributed by atoms with Gasteiger partial charge in [-0.3, -0.25) is 5.10 Å². The van der Waals surface area contributed by atoms with Crippen LogP contribution in [0, 0.1) is 13.8 Å². The molecule has 2 rings (SSSR count). The summed E-state index contributed by atoms with van der Waals surface area (Å²) in [6, 6.07) is 5.77. The molecule has 2 N–H and O–H groups in total. The van der Waals surface area contributed by atoms with Crippen LogP contribution in [0.4, 0.5) is 0 Å². The molecule has 2 aromatic heterocycles. The van der Waals surface area contributed by atoms with Crippen LogP contribution in [0.15, 0.2) is 18.2 Å². The van der Waals surface area contributed by atoms with E-state index in [2.05, 4.69) is 20.5 Å². The molecular formula is C12H16N4O. The third kappa shape index (κ3) is 3.04. The van der Waals surface area contributed by atoms with Gasteiger partial charge >= 0.3 is 0 Å².